The lowest BCUT2D eigenvalue weighted by molar-refractivity contribution is 0.259. The first-order chi connectivity index (χ1) is 12.5. The largest absolute Gasteiger partial charge is 0.487 e. The van der Waals surface area contributed by atoms with Gasteiger partial charge in [-0.2, -0.15) is 0 Å². The molecule has 0 spiro atoms. The van der Waals surface area contributed by atoms with Crippen LogP contribution in [-0.4, -0.2) is 11.0 Å². The summed E-state index contributed by atoms with van der Waals surface area (Å²) in [5.74, 6) is 0.159. The van der Waals surface area contributed by atoms with Crippen molar-refractivity contribution >= 4 is 23.3 Å². The highest BCUT2D eigenvalue weighted by molar-refractivity contribution is 6.34. The smallest absolute Gasteiger partial charge is 0.316 e. The number of aromatic nitrogens is 1. The van der Waals surface area contributed by atoms with Crippen LogP contribution < -0.4 is 15.8 Å². The number of primary amides is 1. The van der Waals surface area contributed by atoms with Crippen LogP contribution in [0.15, 0.2) is 60.8 Å². The third-order valence-corrected chi connectivity index (χ3v) is 3.90. The normalized spacial score (nSPS) is 10.4. The molecule has 2 aromatic carbocycles. The van der Waals surface area contributed by atoms with Crippen molar-refractivity contribution in [1.82, 2.24) is 4.98 Å². The molecule has 3 N–H and O–H groups in total. The van der Waals surface area contributed by atoms with Crippen molar-refractivity contribution in [2.75, 3.05) is 5.32 Å². The van der Waals surface area contributed by atoms with E-state index < -0.39 is 6.03 Å². The summed E-state index contributed by atoms with van der Waals surface area (Å²) in [7, 11) is 0. The number of nitrogens with zero attached hydrogens (tertiary/aromatic N) is 1. The Balaban J connectivity index is 1.95. The highest BCUT2D eigenvalue weighted by atomic mass is 35.5. The number of ether oxygens (including phenoxy) is 1. The lowest BCUT2D eigenvalue weighted by Gasteiger charge is -2.15. The summed E-state index contributed by atoms with van der Waals surface area (Å²) in [5, 5.41) is 2.93. The Morgan fingerprint density at radius 3 is 2.65 bits per heavy atom. The molecule has 0 radical (unpaired) electrons. The molecule has 132 valence electrons. The summed E-state index contributed by atoms with van der Waals surface area (Å²) in [6.45, 7) is 0.224. The number of urea groups is 1. The molecule has 26 heavy (non-hydrogen) atoms. The highest BCUT2D eigenvalue weighted by Gasteiger charge is 2.16. The zero-order valence-corrected chi connectivity index (χ0v) is 14.3. The number of carbonyl (C=O) groups excluding carboxylic acids is 1. The van der Waals surface area contributed by atoms with Crippen LogP contribution in [0.1, 0.15) is 5.56 Å². The van der Waals surface area contributed by atoms with Gasteiger partial charge in [0.2, 0.25) is 0 Å². The maximum Gasteiger partial charge on any atom is 0.316 e. The molecule has 3 aromatic rings. The number of amides is 2. The summed E-state index contributed by atoms with van der Waals surface area (Å²) >= 11 is 6.32. The Kier molecular flexibility index (Phi) is 5.34. The van der Waals surface area contributed by atoms with Crippen molar-refractivity contribution in [3.8, 4) is 17.0 Å². The number of nitrogens with two attached hydrogens (primary N) is 1. The molecule has 0 aliphatic heterocycles. The molecule has 0 unspecified atom stereocenters. The second-order valence-corrected chi connectivity index (χ2v) is 5.82. The summed E-state index contributed by atoms with van der Waals surface area (Å²) in [4.78, 5) is 15.6. The van der Waals surface area contributed by atoms with Crippen molar-refractivity contribution in [2.24, 2.45) is 5.73 Å². The minimum absolute atomic E-state index is 0.224. The molecule has 0 bridgehead atoms. The Bertz CT molecular complexity index is 932. The second-order valence-electron chi connectivity index (χ2n) is 5.42. The fraction of sp³-hybridized carbons (Fsp3) is 0.0526. The van der Waals surface area contributed by atoms with Crippen LogP contribution in [0.3, 0.4) is 0 Å². The van der Waals surface area contributed by atoms with Gasteiger partial charge in [-0.1, -0.05) is 29.8 Å². The second kappa shape index (κ2) is 7.84. The summed E-state index contributed by atoms with van der Waals surface area (Å²) in [6.07, 6.45) is 1.59. The number of rotatable bonds is 5. The first-order valence-electron chi connectivity index (χ1n) is 7.72. The summed E-state index contributed by atoms with van der Waals surface area (Å²) < 4.78 is 18.9. The van der Waals surface area contributed by atoms with Gasteiger partial charge in [0, 0.05) is 11.8 Å². The Morgan fingerprint density at radius 2 is 1.92 bits per heavy atom. The van der Waals surface area contributed by atoms with Crippen LogP contribution in [0.5, 0.6) is 5.75 Å². The monoisotopic (exact) mass is 371 g/mol. The maximum absolute atomic E-state index is 13.0. The van der Waals surface area contributed by atoms with E-state index in [0.29, 0.717) is 27.7 Å². The topological polar surface area (TPSA) is 77.2 Å². The quantitative estimate of drug-likeness (QED) is 0.687. The average molecular weight is 372 g/mol. The van der Waals surface area contributed by atoms with Gasteiger partial charge in [-0.05, 0) is 42.0 Å². The van der Waals surface area contributed by atoms with Crippen molar-refractivity contribution in [1.29, 1.82) is 0 Å². The molecule has 3 rings (SSSR count). The molecular formula is C19H15ClFN3O2. The Morgan fingerprint density at radius 1 is 1.15 bits per heavy atom. The maximum atomic E-state index is 13.0. The van der Waals surface area contributed by atoms with Crippen LogP contribution >= 0.6 is 11.6 Å². The van der Waals surface area contributed by atoms with Crippen LogP contribution in [0.25, 0.3) is 11.3 Å². The molecule has 2 amide bonds. The van der Waals surface area contributed by atoms with Gasteiger partial charge in [0.25, 0.3) is 0 Å². The van der Waals surface area contributed by atoms with Crippen molar-refractivity contribution in [3.05, 3.63) is 77.2 Å². The van der Waals surface area contributed by atoms with Crippen molar-refractivity contribution in [3.63, 3.8) is 0 Å². The average Bonchev–Trinajstić information content (AvgIpc) is 2.61. The predicted molar refractivity (Wildman–Crippen MR) is 98.6 cm³/mol. The van der Waals surface area contributed by atoms with Gasteiger partial charge in [0.05, 0.1) is 10.7 Å². The van der Waals surface area contributed by atoms with Gasteiger partial charge in [-0.15, -0.1) is 0 Å². The molecule has 7 heteroatoms. The molecule has 0 saturated carbocycles. The van der Waals surface area contributed by atoms with E-state index in [2.05, 4.69) is 10.3 Å². The minimum Gasteiger partial charge on any atom is -0.487 e. The van der Waals surface area contributed by atoms with Gasteiger partial charge < -0.3 is 15.8 Å². The van der Waals surface area contributed by atoms with E-state index in [9.17, 15) is 9.18 Å². The number of halogens is 2. The standard InChI is InChI=1S/C19H15ClFN3O2/c20-14-3-1-4-15(24-19(22)25)17(14)18-16(5-2-10-23-18)26-11-12-6-8-13(21)9-7-12/h1-10H,11H2,(H3,22,24,25). The molecule has 0 saturated heterocycles. The number of hydrogen-bond acceptors (Lipinski definition) is 3. The number of anilines is 1. The zero-order valence-electron chi connectivity index (χ0n) is 13.6. The van der Waals surface area contributed by atoms with Crippen LogP contribution in [0.2, 0.25) is 5.02 Å². The fourth-order valence-electron chi connectivity index (χ4n) is 2.44. The molecule has 1 heterocycles. The third-order valence-electron chi connectivity index (χ3n) is 3.59. The van der Waals surface area contributed by atoms with Crippen LogP contribution in [0, 0.1) is 5.82 Å². The number of pyridine rings is 1. The van der Waals surface area contributed by atoms with E-state index in [1.165, 1.54) is 12.1 Å². The Hall–Kier alpha value is -3.12. The molecule has 0 atom stereocenters. The number of benzene rings is 2. The first kappa shape index (κ1) is 17.7. The van der Waals surface area contributed by atoms with E-state index >= 15 is 0 Å². The summed E-state index contributed by atoms with van der Waals surface area (Å²) in [6, 6.07) is 13.8. The van der Waals surface area contributed by atoms with Gasteiger partial charge in [0.1, 0.15) is 23.9 Å². The Labute approximate surface area is 154 Å². The zero-order chi connectivity index (χ0) is 18.5. The van der Waals surface area contributed by atoms with Crippen LogP contribution in [0.4, 0.5) is 14.9 Å². The molecule has 5 nitrogen and oxygen atoms in total. The van der Waals surface area contributed by atoms with E-state index in [1.54, 1.807) is 48.7 Å². The number of carbonyl (C=O) groups is 1. The molecule has 0 aliphatic rings. The van der Waals surface area contributed by atoms with E-state index in [1.807, 2.05) is 0 Å². The van der Waals surface area contributed by atoms with Gasteiger partial charge >= 0.3 is 6.03 Å². The summed E-state index contributed by atoms with van der Waals surface area (Å²) in [5.41, 5.74) is 7.42. The predicted octanol–water partition coefficient (Wildman–Crippen LogP) is 4.61. The molecule has 1 aromatic heterocycles. The molecular weight excluding hydrogens is 357 g/mol. The van der Waals surface area contributed by atoms with E-state index in [-0.39, 0.29) is 12.4 Å². The minimum atomic E-state index is -0.710. The van der Waals surface area contributed by atoms with Gasteiger partial charge in [-0.3, -0.25) is 4.98 Å². The lowest BCUT2D eigenvalue weighted by Crippen LogP contribution is -2.19. The van der Waals surface area contributed by atoms with Crippen LogP contribution in [-0.2, 0) is 6.61 Å². The first-order valence-corrected chi connectivity index (χ1v) is 8.10. The lowest BCUT2D eigenvalue weighted by atomic mass is 10.1. The van der Waals surface area contributed by atoms with Crippen molar-refractivity contribution in [2.45, 2.75) is 6.61 Å². The molecule has 0 aliphatic carbocycles. The van der Waals surface area contributed by atoms with Gasteiger partial charge in [-0.25, -0.2) is 9.18 Å². The molecule has 0 fully saturated rings. The van der Waals surface area contributed by atoms with E-state index in [0.717, 1.165) is 5.56 Å². The number of nitrogens with one attached hydrogen (secondary N) is 1. The third kappa shape index (κ3) is 4.10. The van der Waals surface area contributed by atoms with E-state index in [4.69, 9.17) is 22.1 Å². The van der Waals surface area contributed by atoms with Crippen molar-refractivity contribution < 1.29 is 13.9 Å². The SMILES string of the molecule is NC(=O)Nc1cccc(Cl)c1-c1ncccc1OCc1ccc(F)cc1. The van der Waals surface area contributed by atoms with Gasteiger partial charge in [0.15, 0.2) is 0 Å². The fourth-order valence-corrected chi connectivity index (χ4v) is 2.70. The highest BCUT2D eigenvalue weighted by Crippen LogP contribution is 2.38. The number of hydrogen-bond donors (Lipinski definition) is 2.